The van der Waals surface area contributed by atoms with E-state index in [4.69, 9.17) is 12.2 Å². The Kier molecular flexibility index (Phi) is 4.19. The molecule has 0 aromatic heterocycles. The SMILES string of the molecule is C#CCN(C)c1ccc([C@@H](C)N)cc1Br. The van der Waals surface area contributed by atoms with Gasteiger partial charge in [0.05, 0.1) is 12.2 Å². The van der Waals surface area contributed by atoms with Crippen molar-refractivity contribution in [3.8, 4) is 12.3 Å². The van der Waals surface area contributed by atoms with Crippen LogP contribution in [0.4, 0.5) is 5.69 Å². The molecule has 0 saturated carbocycles. The van der Waals surface area contributed by atoms with Crippen LogP contribution in [0.1, 0.15) is 18.5 Å². The van der Waals surface area contributed by atoms with Gasteiger partial charge in [-0.15, -0.1) is 6.42 Å². The molecule has 0 aliphatic heterocycles. The average Bonchev–Trinajstić information content (AvgIpc) is 2.17. The van der Waals surface area contributed by atoms with E-state index >= 15 is 0 Å². The fraction of sp³-hybridized carbons (Fsp3) is 0.333. The van der Waals surface area contributed by atoms with Gasteiger partial charge < -0.3 is 10.6 Å². The van der Waals surface area contributed by atoms with Crippen LogP contribution in [-0.4, -0.2) is 13.6 Å². The molecule has 0 heterocycles. The number of nitrogens with two attached hydrogens (primary N) is 1. The molecule has 0 spiro atoms. The minimum atomic E-state index is 0.0493. The maximum Gasteiger partial charge on any atom is 0.0788 e. The summed E-state index contributed by atoms with van der Waals surface area (Å²) >= 11 is 3.52. The van der Waals surface area contributed by atoms with E-state index in [-0.39, 0.29) is 6.04 Å². The van der Waals surface area contributed by atoms with Crippen LogP contribution in [0.5, 0.6) is 0 Å². The molecule has 1 aromatic carbocycles. The van der Waals surface area contributed by atoms with Crippen LogP contribution in [0.25, 0.3) is 0 Å². The second-order valence-electron chi connectivity index (χ2n) is 3.56. The van der Waals surface area contributed by atoms with Crippen molar-refractivity contribution in [1.29, 1.82) is 0 Å². The van der Waals surface area contributed by atoms with Crippen molar-refractivity contribution in [2.75, 3.05) is 18.5 Å². The van der Waals surface area contributed by atoms with Crippen molar-refractivity contribution < 1.29 is 0 Å². The number of terminal acetylenes is 1. The van der Waals surface area contributed by atoms with Gasteiger partial charge in [0.15, 0.2) is 0 Å². The molecule has 1 rings (SSSR count). The maximum atomic E-state index is 5.80. The highest BCUT2D eigenvalue weighted by Gasteiger charge is 2.07. The quantitative estimate of drug-likeness (QED) is 0.853. The third kappa shape index (κ3) is 2.98. The second-order valence-corrected chi connectivity index (χ2v) is 4.41. The first-order valence-corrected chi connectivity index (χ1v) is 5.55. The largest absolute Gasteiger partial charge is 0.363 e. The number of hydrogen-bond donors (Lipinski definition) is 1. The summed E-state index contributed by atoms with van der Waals surface area (Å²) < 4.78 is 1.02. The Balaban J connectivity index is 2.98. The predicted molar refractivity (Wildman–Crippen MR) is 68.8 cm³/mol. The fourth-order valence-corrected chi connectivity index (χ4v) is 2.04. The van der Waals surface area contributed by atoms with Crippen LogP contribution in [0.15, 0.2) is 22.7 Å². The number of nitrogens with zero attached hydrogens (tertiary/aromatic N) is 1. The van der Waals surface area contributed by atoms with E-state index in [1.807, 2.05) is 37.1 Å². The molecule has 3 heteroatoms. The summed E-state index contributed by atoms with van der Waals surface area (Å²) in [7, 11) is 1.96. The van der Waals surface area contributed by atoms with E-state index in [1.165, 1.54) is 0 Å². The van der Waals surface area contributed by atoms with Gasteiger partial charge in [-0.25, -0.2) is 0 Å². The number of rotatable bonds is 3. The molecule has 1 aromatic rings. The molecular weight excluding hydrogens is 252 g/mol. The molecule has 1 atom stereocenters. The van der Waals surface area contributed by atoms with Crippen LogP contribution in [0.3, 0.4) is 0 Å². The van der Waals surface area contributed by atoms with Gasteiger partial charge in [0.25, 0.3) is 0 Å². The highest BCUT2D eigenvalue weighted by atomic mass is 79.9. The third-order valence-electron chi connectivity index (χ3n) is 2.24. The first kappa shape index (κ1) is 12.1. The van der Waals surface area contributed by atoms with Gasteiger partial charge in [-0.3, -0.25) is 0 Å². The molecule has 0 fully saturated rings. The molecule has 2 N–H and O–H groups in total. The molecule has 0 saturated heterocycles. The van der Waals surface area contributed by atoms with Gasteiger partial charge in [-0.2, -0.15) is 0 Å². The first-order valence-electron chi connectivity index (χ1n) is 4.76. The van der Waals surface area contributed by atoms with Gasteiger partial charge in [0, 0.05) is 17.6 Å². The number of benzene rings is 1. The monoisotopic (exact) mass is 266 g/mol. The van der Waals surface area contributed by atoms with Gasteiger partial charge in [-0.05, 0) is 40.5 Å². The number of anilines is 1. The number of halogens is 1. The molecule has 0 bridgehead atoms. The summed E-state index contributed by atoms with van der Waals surface area (Å²) in [6, 6.07) is 6.14. The lowest BCUT2D eigenvalue weighted by Crippen LogP contribution is -2.17. The van der Waals surface area contributed by atoms with E-state index < -0.39 is 0 Å². The molecule has 80 valence electrons. The molecule has 0 unspecified atom stereocenters. The van der Waals surface area contributed by atoms with Crippen LogP contribution < -0.4 is 10.6 Å². The molecule has 0 aliphatic carbocycles. The van der Waals surface area contributed by atoms with E-state index in [0.29, 0.717) is 6.54 Å². The van der Waals surface area contributed by atoms with E-state index in [9.17, 15) is 0 Å². The zero-order chi connectivity index (χ0) is 11.4. The first-order chi connectivity index (χ1) is 7.06. The molecule has 0 radical (unpaired) electrons. The van der Waals surface area contributed by atoms with Crippen molar-refractivity contribution in [2.45, 2.75) is 13.0 Å². The van der Waals surface area contributed by atoms with Gasteiger partial charge in [0.2, 0.25) is 0 Å². The zero-order valence-electron chi connectivity index (χ0n) is 9.00. The summed E-state index contributed by atoms with van der Waals surface area (Å²) in [5.41, 5.74) is 7.99. The van der Waals surface area contributed by atoms with Gasteiger partial charge in [-0.1, -0.05) is 12.0 Å². The molecular formula is C12H15BrN2. The predicted octanol–water partition coefficient (Wildman–Crippen LogP) is 2.54. The van der Waals surface area contributed by atoms with Gasteiger partial charge >= 0.3 is 0 Å². The van der Waals surface area contributed by atoms with Crippen molar-refractivity contribution in [1.82, 2.24) is 0 Å². The molecule has 0 amide bonds. The Bertz CT molecular complexity index is 380. The van der Waals surface area contributed by atoms with E-state index in [2.05, 4.69) is 21.9 Å². The number of hydrogen-bond acceptors (Lipinski definition) is 2. The summed E-state index contributed by atoms with van der Waals surface area (Å²) in [5.74, 6) is 2.61. The Morgan fingerprint density at radius 2 is 2.27 bits per heavy atom. The highest BCUT2D eigenvalue weighted by molar-refractivity contribution is 9.10. The van der Waals surface area contributed by atoms with Crippen LogP contribution >= 0.6 is 15.9 Å². The topological polar surface area (TPSA) is 29.3 Å². The van der Waals surface area contributed by atoms with Crippen molar-refractivity contribution in [3.63, 3.8) is 0 Å². The lowest BCUT2D eigenvalue weighted by Gasteiger charge is -2.19. The maximum absolute atomic E-state index is 5.80. The van der Waals surface area contributed by atoms with Crippen LogP contribution in [0.2, 0.25) is 0 Å². The standard InChI is InChI=1S/C12H15BrN2/c1-4-7-15(3)12-6-5-10(9(2)14)8-11(12)13/h1,5-6,8-9H,7,14H2,2-3H3/t9-/m1/s1. The Morgan fingerprint density at radius 3 is 2.73 bits per heavy atom. The minimum absolute atomic E-state index is 0.0493. The van der Waals surface area contributed by atoms with E-state index in [0.717, 1.165) is 15.7 Å². The fourth-order valence-electron chi connectivity index (χ4n) is 1.34. The Labute approximate surface area is 99.6 Å². The van der Waals surface area contributed by atoms with Crippen LogP contribution in [0, 0.1) is 12.3 Å². The lowest BCUT2D eigenvalue weighted by atomic mass is 10.1. The average molecular weight is 267 g/mol. The Morgan fingerprint density at radius 1 is 1.60 bits per heavy atom. The lowest BCUT2D eigenvalue weighted by molar-refractivity contribution is 0.817. The van der Waals surface area contributed by atoms with Gasteiger partial charge in [0.1, 0.15) is 0 Å². The summed E-state index contributed by atoms with van der Waals surface area (Å²) in [6.07, 6.45) is 5.27. The normalized spacial score (nSPS) is 11.9. The molecule has 2 nitrogen and oxygen atoms in total. The molecule has 0 aliphatic rings. The smallest absolute Gasteiger partial charge is 0.0788 e. The zero-order valence-corrected chi connectivity index (χ0v) is 10.6. The second kappa shape index (κ2) is 5.20. The summed E-state index contributed by atoms with van der Waals surface area (Å²) in [4.78, 5) is 2.01. The van der Waals surface area contributed by atoms with Crippen LogP contribution in [-0.2, 0) is 0 Å². The van der Waals surface area contributed by atoms with Crippen molar-refractivity contribution in [3.05, 3.63) is 28.2 Å². The van der Waals surface area contributed by atoms with Crippen molar-refractivity contribution >= 4 is 21.6 Å². The van der Waals surface area contributed by atoms with Crippen molar-refractivity contribution in [2.24, 2.45) is 5.73 Å². The Hall–Kier alpha value is -0.980. The molecule has 15 heavy (non-hydrogen) atoms. The van der Waals surface area contributed by atoms with E-state index in [1.54, 1.807) is 0 Å². The third-order valence-corrected chi connectivity index (χ3v) is 2.87. The minimum Gasteiger partial charge on any atom is -0.363 e. The highest BCUT2D eigenvalue weighted by Crippen LogP contribution is 2.27. The summed E-state index contributed by atoms with van der Waals surface area (Å²) in [6.45, 7) is 2.56. The summed E-state index contributed by atoms with van der Waals surface area (Å²) in [5, 5.41) is 0.